The fourth-order valence-electron chi connectivity index (χ4n) is 2.60. The minimum Gasteiger partial charge on any atom is -0.414 e. The molecule has 0 N–H and O–H groups in total. The van der Waals surface area contributed by atoms with Gasteiger partial charge in [-0.2, -0.15) is 0 Å². The molecule has 14 heavy (non-hydrogen) atoms. The van der Waals surface area contributed by atoms with Crippen LogP contribution in [-0.4, -0.2) is 14.4 Å². The highest BCUT2D eigenvalue weighted by Crippen LogP contribution is 2.27. The third-order valence-electron chi connectivity index (χ3n) is 3.33. The van der Waals surface area contributed by atoms with Crippen molar-refractivity contribution in [2.24, 2.45) is 0 Å². The predicted octanol–water partition coefficient (Wildman–Crippen LogP) is 4.34. The molecule has 1 fully saturated rings. The summed E-state index contributed by atoms with van der Waals surface area (Å²) in [5.74, 6) is 0. The third kappa shape index (κ3) is 4.14. The van der Waals surface area contributed by atoms with Crippen molar-refractivity contribution in [1.29, 1.82) is 0 Å². The molecule has 1 rings (SSSR count). The molecule has 0 saturated carbocycles. The van der Waals surface area contributed by atoms with Crippen molar-refractivity contribution in [2.75, 3.05) is 0 Å². The molecule has 0 radical (unpaired) electrons. The van der Waals surface area contributed by atoms with Gasteiger partial charge >= 0.3 is 0 Å². The van der Waals surface area contributed by atoms with Gasteiger partial charge in [-0.3, -0.25) is 0 Å². The van der Waals surface area contributed by atoms with Crippen molar-refractivity contribution in [3.8, 4) is 0 Å². The maximum Gasteiger partial charge on any atom is 0.190 e. The normalized spacial score (nSPS) is 35.8. The summed E-state index contributed by atoms with van der Waals surface area (Å²) in [6.45, 7) is 7.00. The first-order valence-corrected chi connectivity index (χ1v) is 9.16. The van der Waals surface area contributed by atoms with Crippen molar-refractivity contribution < 1.29 is 4.43 Å². The Morgan fingerprint density at radius 2 is 1.93 bits per heavy atom. The van der Waals surface area contributed by atoms with Crippen molar-refractivity contribution in [2.45, 2.75) is 77.1 Å². The van der Waals surface area contributed by atoms with Gasteiger partial charge in [0, 0.05) is 6.10 Å². The minimum atomic E-state index is -1.31. The lowest BCUT2D eigenvalue weighted by Crippen LogP contribution is -2.37. The van der Waals surface area contributed by atoms with E-state index in [0.29, 0.717) is 6.10 Å². The van der Waals surface area contributed by atoms with Gasteiger partial charge in [0.2, 0.25) is 0 Å². The first-order chi connectivity index (χ1) is 6.66. The van der Waals surface area contributed by atoms with Crippen LogP contribution < -0.4 is 0 Å². The van der Waals surface area contributed by atoms with Crippen LogP contribution in [0.2, 0.25) is 18.6 Å². The molecule has 1 aliphatic rings. The van der Waals surface area contributed by atoms with Gasteiger partial charge in [0.25, 0.3) is 0 Å². The largest absolute Gasteiger partial charge is 0.414 e. The Labute approximate surface area is 90.4 Å². The molecule has 1 saturated heterocycles. The molecule has 0 aromatic rings. The van der Waals surface area contributed by atoms with Gasteiger partial charge < -0.3 is 4.43 Å². The molecule has 0 amide bonds. The first kappa shape index (κ1) is 12.2. The van der Waals surface area contributed by atoms with Crippen LogP contribution in [0.15, 0.2) is 0 Å². The zero-order valence-electron chi connectivity index (χ0n) is 10.1. The Morgan fingerprint density at radius 1 is 1.21 bits per heavy atom. The van der Waals surface area contributed by atoms with Gasteiger partial charge in [-0.15, -0.1) is 0 Å². The SMILES string of the molecule is CCC[Si]1(C)CCCCCCC(C)O1. The lowest BCUT2D eigenvalue weighted by Gasteiger charge is -2.30. The van der Waals surface area contributed by atoms with Crippen LogP contribution in [0.25, 0.3) is 0 Å². The van der Waals surface area contributed by atoms with Crippen LogP contribution in [0.1, 0.15) is 52.4 Å². The Hall–Kier alpha value is 0.177. The summed E-state index contributed by atoms with van der Waals surface area (Å²) in [5, 5.41) is 0. The Kier molecular flexibility index (Phi) is 5.17. The van der Waals surface area contributed by atoms with Crippen LogP contribution >= 0.6 is 0 Å². The molecule has 0 bridgehead atoms. The van der Waals surface area contributed by atoms with Crippen molar-refractivity contribution in [1.82, 2.24) is 0 Å². The van der Waals surface area contributed by atoms with E-state index in [-0.39, 0.29) is 0 Å². The Bertz CT molecular complexity index is 160. The fourth-order valence-corrected chi connectivity index (χ4v) is 6.23. The average Bonchev–Trinajstić information content (AvgIpc) is 2.17. The smallest absolute Gasteiger partial charge is 0.190 e. The Morgan fingerprint density at radius 3 is 2.64 bits per heavy atom. The van der Waals surface area contributed by atoms with Crippen molar-refractivity contribution >= 4 is 8.32 Å². The number of rotatable bonds is 2. The molecule has 2 atom stereocenters. The summed E-state index contributed by atoms with van der Waals surface area (Å²) in [5.41, 5.74) is 0. The molecule has 84 valence electrons. The minimum absolute atomic E-state index is 0.524. The standard InChI is InChI=1S/C12H26OSi/c1-4-10-14(3)11-8-6-5-7-9-12(2)13-14/h12H,4-11H2,1-3H3. The van der Waals surface area contributed by atoms with Gasteiger partial charge in [-0.05, 0) is 32.0 Å². The van der Waals surface area contributed by atoms with Gasteiger partial charge in [-0.25, -0.2) is 0 Å². The number of hydrogen-bond donors (Lipinski definition) is 0. The summed E-state index contributed by atoms with van der Waals surface area (Å²) in [7, 11) is -1.31. The number of hydrogen-bond acceptors (Lipinski definition) is 1. The summed E-state index contributed by atoms with van der Waals surface area (Å²) < 4.78 is 6.34. The van der Waals surface area contributed by atoms with E-state index in [1.165, 1.54) is 50.6 Å². The molecule has 1 aliphatic heterocycles. The molecule has 1 heterocycles. The summed E-state index contributed by atoms with van der Waals surface area (Å²) in [6, 6.07) is 2.75. The van der Waals surface area contributed by atoms with Crippen LogP contribution in [0.4, 0.5) is 0 Å². The molecule has 1 nitrogen and oxygen atoms in total. The fraction of sp³-hybridized carbons (Fsp3) is 1.00. The predicted molar refractivity (Wildman–Crippen MR) is 65.2 cm³/mol. The third-order valence-corrected chi connectivity index (χ3v) is 7.27. The summed E-state index contributed by atoms with van der Waals surface area (Å²) >= 11 is 0. The van der Waals surface area contributed by atoms with Gasteiger partial charge in [0.1, 0.15) is 0 Å². The van der Waals surface area contributed by atoms with E-state index < -0.39 is 8.32 Å². The van der Waals surface area contributed by atoms with E-state index in [1.807, 2.05) is 0 Å². The highest BCUT2D eigenvalue weighted by molar-refractivity contribution is 6.72. The van der Waals surface area contributed by atoms with E-state index in [1.54, 1.807) is 0 Å². The van der Waals surface area contributed by atoms with Crippen molar-refractivity contribution in [3.05, 3.63) is 0 Å². The highest BCUT2D eigenvalue weighted by Gasteiger charge is 2.29. The molecule has 0 aliphatic carbocycles. The van der Waals surface area contributed by atoms with Gasteiger partial charge in [0.05, 0.1) is 0 Å². The zero-order valence-corrected chi connectivity index (χ0v) is 11.1. The van der Waals surface area contributed by atoms with E-state index in [4.69, 9.17) is 4.43 Å². The van der Waals surface area contributed by atoms with Crippen LogP contribution in [-0.2, 0) is 4.43 Å². The van der Waals surface area contributed by atoms with Crippen LogP contribution in [0, 0.1) is 0 Å². The van der Waals surface area contributed by atoms with E-state index in [9.17, 15) is 0 Å². The summed E-state index contributed by atoms with van der Waals surface area (Å²) in [4.78, 5) is 0. The molecule has 0 spiro atoms. The second-order valence-electron chi connectivity index (χ2n) is 5.08. The van der Waals surface area contributed by atoms with Crippen LogP contribution in [0.5, 0.6) is 0 Å². The van der Waals surface area contributed by atoms with E-state index in [2.05, 4.69) is 20.4 Å². The lowest BCUT2D eigenvalue weighted by molar-refractivity contribution is 0.196. The molecule has 0 aromatic carbocycles. The quantitative estimate of drug-likeness (QED) is 0.621. The van der Waals surface area contributed by atoms with Crippen molar-refractivity contribution in [3.63, 3.8) is 0 Å². The maximum atomic E-state index is 6.34. The Balaban J connectivity index is 2.51. The van der Waals surface area contributed by atoms with E-state index in [0.717, 1.165) is 0 Å². The molecule has 2 unspecified atom stereocenters. The average molecular weight is 214 g/mol. The molecular weight excluding hydrogens is 188 g/mol. The molecule has 0 aromatic heterocycles. The second kappa shape index (κ2) is 5.91. The van der Waals surface area contributed by atoms with E-state index >= 15 is 0 Å². The van der Waals surface area contributed by atoms with Gasteiger partial charge in [-0.1, -0.05) is 39.0 Å². The second-order valence-corrected chi connectivity index (χ2v) is 9.22. The highest BCUT2D eigenvalue weighted by atomic mass is 28.4. The lowest BCUT2D eigenvalue weighted by atomic mass is 10.1. The van der Waals surface area contributed by atoms with Crippen LogP contribution in [0.3, 0.4) is 0 Å². The first-order valence-electron chi connectivity index (χ1n) is 6.34. The molecular formula is C12H26OSi. The molecule has 2 heteroatoms. The maximum absolute atomic E-state index is 6.34. The zero-order chi connectivity index (χ0) is 10.4. The summed E-state index contributed by atoms with van der Waals surface area (Å²) in [6.07, 6.45) is 8.75. The van der Waals surface area contributed by atoms with Gasteiger partial charge in [0.15, 0.2) is 8.32 Å². The monoisotopic (exact) mass is 214 g/mol. The topological polar surface area (TPSA) is 9.23 Å².